The minimum atomic E-state index is -0.239. The summed E-state index contributed by atoms with van der Waals surface area (Å²) in [7, 11) is 0. The smallest absolute Gasteiger partial charge is 0.0787 e. The van der Waals surface area contributed by atoms with E-state index in [4.69, 9.17) is 0 Å². The summed E-state index contributed by atoms with van der Waals surface area (Å²) in [5.41, 5.74) is 2.43. The summed E-state index contributed by atoms with van der Waals surface area (Å²) in [5, 5.41) is 9.49. The molecule has 1 rings (SSSR count). The van der Waals surface area contributed by atoms with Crippen molar-refractivity contribution in [1.82, 2.24) is 0 Å². The molecular formula is C10H16O. The van der Waals surface area contributed by atoms with Gasteiger partial charge in [-0.3, -0.25) is 0 Å². The Kier molecular flexibility index (Phi) is 2.50. The van der Waals surface area contributed by atoms with Crippen LogP contribution in [0.4, 0.5) is 0 Å². The predicted octanol–water partition coefficient (Wildman–Crippen LogP) is 2.28. The molecule has 1 N–H and O–H groups in total. The van der Waals surface area contributed by atoms with Crippen molar-refractivity contribution in [3.05, 3.63) is 23.3 Å². The molecule has 0 aromatic carbocycles. The van der Waals surface area contributed by atoms with Crippen LogP contribution in [0.1, 0.15) is 27.2 Å². The summed E-state index contributed by atoms with van der Waals surface area (Å²) in [4.78, 5) is 0. The van der Waals surface area contributed by atoms with Crippen molar-refractivity contribution in [3.63, 3.8) is 0 Å². The lowest BCUT2D eigenvalue weighted by atomic mass is 9.90. The van der Waals surface area contributed by atoms with E-state index in [0.717, 1.165) is 12.0 Å². The van der Waals surface area contributed by atoms with Crippen LogP contribution in [0.25, 0.3) is 0 Å². The van der Waals surface area contributed by atoms with Crippen molar-refractivity contribution in [2.45, 2.75) is 33.3 Å². The second-order valence-electron chi connectivity index (χ2n) is 3.53. The fourth-order valence-corrected chi connectivity index (χ4v) is 1.23. The molecule has 0 heterocycles. The molecule has 0 saturated heterocycles. The Hall–Kier alpha value is -0.560. The molecule has 1 aliphatic carbocycles. The van der Waals surface area contributed by atoms with Gasteiger partial charge in [0.25, 0.3) is 0 Å². The van der Waals surface area contributed by atoms with Gasteiger partial charge in [0.2, 0.25) is 0 Å². The van der Waals surface area contributed by atoms with Crippen molar-refractivity contribution < 1.29 is 5.11 Å². The molecule has 0 fully saturated rings. The van der Waals surface area contributed by atoms with Gasteiger partial charge in [-0.2, -0.15) is 0 Å². The van der Waals surface area contributed by atoms with Gasteiger partial charge in [0, 0.05) is 0 Å². The van der Waals surface area contributed by atoms with Crippen LogP contribution in [0.15, 0.2) is 23.3 Å². The number of aliphatic hydroxyl groups excluding tert-OH is 1. The third kappa shape index (κ3) is 1.93. The van der Waals surface area contributed by atoms with Crippen LogP contribution < -0.4 is 0 Å². The van der Waals surface area contributed by atoms with Crippen molar-refractivity contribution in [1.29, 1.82) is 0 Å². The summed E-state index contributed by atoms with van der Waals surface area (Å²) in [6, 6.07) is 0. The summed E-state index contributed by atoms with van der Waals surface area (Å²) in [6.45, 7) is 6.29. The Balaban J connectivity index is 2.73. The molecule has 0 aromatic heterocycles. The minimum absolute atomic E-state index is 0.239. The quantitative estimate of drug-likeness (QED) is 0.611. The van der Waals surface area contributed by atoms with E-state index in [9.17, 15) is 5.11 Å². The number of allylic oxidation sites excluding steroid dienone is 2. The van der Waals surface area contributed by atoms with Gasteiger partial charge in [-0.05, 0) is 24.8 Å². The maximum Gasteiger partial charge on any atom is 0.0787 e. The zero-order valence-electron chi connectivity index (χ0n) is 7.46. The lowest BCUT2D eigenvalue weighted by Gasteiger charge is -2.20. The van der Waals surface area contributed by atoms with Crippen molar-refractivity contribution in [3.8, 4) is 0 Å². The van der Waals surface area contributed by atoms with E-state index >= 15 is 0 Å². The molecule has 0 unspecified atom stereocenters. The predicted molar refractivity (Wildman–Crippen MR) is 47.3 cm³/mol. The highest BCUT2D eigenvalue weighted by Gasteiger charge is 2.14. The van der Waals surface area contributed by atoms with Crippen LogP contribution in [0.3, 0.4) is 0 Å². The SMILES string of the molecule is CC1=CC=C(C(C)C)C[C@@H]1O. The maximum atomic E-state index is 9.49. The number of hydrogen-bond donors (Lipinski definition) is 1. The highest BCUT2D eigenvalue weighted by atomic mass is 16.3. The van der Waals surface area contributed by atoms with Gasteiger partial charge >= 0.3 is 0 Å². The van der Waals surface area contributed by atoms with E-state index in [1.165, 1.54) is 5.57 Å². The first-order chi connectivity index (χ1) is 5.11. The van der Waals surface area contributed by atoms with E-state index in [1.54, 1.807) is 0 Å². The molecular weight excluding hydrogens is 136 g/mol. The Labute approximate surface area is 68.4 Å². The van der Waals surface area contributed by atoms with Crippen molar-refractivity contribution in [2.75, 3.05) is 0 Å². The fraction of sp³-hybridized carbons (Fsp3) is 0.600. The lowest BCUT2D eigenvalue weighted by molar-refractivity contribution is 0.206. The average molecular weight is 152 g/mol. The van der Waals surface area contributed by atoms with Crippen molar-refractivity contribution >= 4 is 0 Å². The van der Waals surface area contributed by atoms with Gasteiger partial charge in [0.15, 0.2) is 0 Å². The second-order valence-corrected chi connectivity index (χ2v) is 3.53. The molecule has 62 valence electrons. The number of rotatable bonds is 1. The lowest BCUT2D eigenvalue weighted by Crippen LogP contribution is -2.14. The molecule has 0 saturated carbocycles. The highest BCUT2D eigenvalue weighted by Crippen LogP contribution is 2.23. The van der Waals surface area contributed by atoms with E-state index in [1.807, 2.05) is 13.0 Å². The molecule has 0 amide bonds. The Morgan fingerprint density at radius 1 is 1.45 bits per heavy atom. The summed E-state index contributed by atoms with van der Waals surface area (Å²) < 4.78 is 0. The monoisotopic (exact) mass is 152 g/mol. The maximum absolute atomic E-state index is 9.49. The molecule has 1 heteroatoms. The Morgan fingerprint density at radius 3 is 2.55 bits per heavy atom. The summed E-state index contributed by atoms with van der Waals surface area (Å²) in [5.74, 6) is 0.564. The molecule has 0 bridgehead atoms. The first-order valence-corrected chi connectivity index (χ1v) is 4.16. The van der Waals surface area contributed by atoms with E-state index < -0.39 is 0 Å². The zero-order valence-corrected chi connectivity index (χ0v) is 7.46. The second kappa shape index (κ2) is 3.22. The van der Waals surface area contributed by atoms with Gasteiger partial charge in [0.1, 0.15) is 0 Å². The van der Waals surface area contributed by atoms with Gasteiger partial charge in [-0.25, -0.2) is 0 Å². The fourth-order valence-electron chi connectivity index (χ4n) is 1.23. The highest BCUT2D eigenvalue weighted by molar-refractivity contribution is 5.27. The molecule has 1 atom stereocenters. The van der Waals surface area contributed by atoms with Crippen LogP contribution in [0.5, 0.6) is 0 Å². The first-order valence-electron chi connectivity index (χ1n) is 4.16. The standard InChI is InChI=1S/C10H16O/c1-7(2)9-5-4-8(3)10(11)6-9/h4-5,7,10-11H,6H2,1-3H3/t10-/m0/s1. The minimum Gasteiger partial charge on any atom is -0.388 e. The third-order valence-electron chi connectivity index (χ3n) is 2.26. The molecule has 1 aliphatic rings. The Morgan fingerprint density at radius 2 is 2.09 bits per heavy atom. The van der Waals surface area contributed by atoms with Gasteiger partial charge in [-0.15, -0.1) is 0 Å². The topological polar surface area (TPSA) is 20.2 Å². The van der Waals surface area contributed by atoms with Gasteiger partial charge in [0.05, 0.1) is 6.10 Å². The number of aliphatic hydroxyl groups is 1. The molecule has 1 nitrogen and oxygen atoms in total. The molecule has 11 heavy (non-hydrogen) atoms. The van der Waals surface area contributed by atoms with Crippen LogP contribution in [-0.4, -0.2) is 11.2 Å². The summed E-state index contributed by atoms with van der Waals surface area (Å²) >= 11 is 0. The van der Waals surface area contributed by atoms with Crippen LogP contribution >= 0.6 is 0 Å². The van der Waals surface area contributed by atoms with Crippen molar-refractivity contribution in [2.24, 2.45) is 5.92 Å². The molecule has 0 radical (unpaired) electrons. The molecule has 0 spiro atoms. The van der Waals surface area contributed by atoms with Gasteiger partial charge < -0.3 is 5.11 Å². The third-order valence-corrected chi connectivity index (χ3v) is 2.26. The molecule has 0 aliphatic heterocycles. The largest absolute Gasteiger partial charge is 0.388 e. The van der Waals surface area contributed by atoms with Crippen LogP contribution in [-0.2, 0) is 0 Å². The van der Waals surface area contributed by atoms with E-state index in [0.29, 0.717) is 5.92 Å². The van der Waals surface area contributed by atoms with E-state index in [2.05, 4.69) is 19.9 Å². The summed E-state index contributed by atoms with van der Waals surface area (Å²) in [6.07, 6.45) is 4.73. The van der Waals surface area contributed by atoms with Gasteiger partial charge in [-0.1, -0.05) is 31.6 Å². The number of hydrogen-bond acceptors (Lipinski definition) is 1. The zero-order chi connectivity index (χ0) is 8.43. The van der Waals surface area contributed by atoms with Crippen LogP contribution in [0, 0.1) is 5.92 Å². The van der Waals surface area contributed by atoms with E-state index in [-0.39, 0.29) is 6.10 Å². The average Bonchev–Trinajstić information content (AvgIpc) is 1.94. The molecule has 0 aromatic rings. The van der Waals surface area contributed by atoms with Crippen LogP contribution in [0.2, 0.25) is 0 Å². The Bertz CT molecular complexity index is 199. The first kappa shape index (κ1) is 8.54. The normalized spacial score (nSPS) is 25.0.